The van der Waals surface area contributed by atoms with Gasteiger partial charge >= 0.3 is 0 Å². The zero-order chi connectivity index (χ0) is 23.5. The van der Waals surface area contributed by atoms with Gasteiger partial charge in [0.2, 0.25) is 0 Å². The molecule has 0 radical (unpaired) electrons. The molecule has 0 aliphatic heterocycles. The maximum absolute atomic E-state index is 12.9. The lowest BCUT2D eigenvalue weighted by molar-refractivity contribution is 0.302. The van der Waals surface area contributed by atoms with Crippen LogP contribution < -0.4 is 15.6 Å². The Morgan fingerprint density at radius 1 is 1.12 bits per heavy atom. The third kappa shape index (κ3) is 4.51. The zero-order valence-corrected chi connectivity index (χ0v) is 19.0. The summed E-state index contributed by atoms with van der Waals surface area (Å²) in [4.78, 5) is 20.1. The van der Waals surface area contributed by atoms with E-state index in [-0.39, 0.29) is 18.2 Å². The van der Waals surface area contributed by atoms with Gasteiger partial charge in [-0.15, -0.1) is 0 Å². The van der Waals surface area contributed by atoms with Crippen LogP contribution in [-0.4, -0.2) is 15.1 Å². The minimum absolute atomic E-state index is 0.216. The molecule has 3 aromatic heterocycles. The average molecular weight is 473 g/mol. The molecule has 0 amide bonds. The van der Waals surface area contributed by atoms with Crippen LogP contribution in [0.2, 0.25) is 5.02 Å². The van der Waals surface area contributed by atoms with Gasteiger partial charge in [-0.1, -0.05) is 35.0 Å². The first kappa shape index (κ1) is 21.7. The van der Waals surface area contributed by atoms with E-state index in [1.54, 1.807) is 24.7 Å². The van der Waals surface area contributed by atoms with Gasteiger partial charge in [-0.3, -0.25) is 9.78 Å². The molecule has 2 N–H and O–H groups in total. The first-order chi connectivity index (χ1) is 16.6. The van der Waals surface area contributed by atoms with Gasteiger partial charge in [0.1, 0.15) is 23.6 Å². The van der Waals surface area contributed by atoms with Gasteiger partial charge < -0.3 is 19.6 Å². The summed E-state index contributed by atoms with van der Waals surface area (Å²) in [6.45, 7) is 2.22. The lowest BCUT2D eigenvalue weighted by atomic mass is 10.1. The fourth-order valence-electron chi connectivity index (χ4n) is 3.77. The maximum Gasteiger partial charge on any atom is 0.253 e. The number of aromatic nitrogens is 3. The molecular weight excluding hydrogens is 452 g/mol. The molecule has 1 atom stereocenters. The summed E-state index contributed by atoms with van der Waals surface area (Å²) in [6, 6.07) is 18.8. The van der Waals surface area contributed by atoms with Gasteiger partial charge in [0, 0.05) is 28.4 Å². The molecule has 0 unspecified atom stereocenters. The Morgan fingerprint density at radius 2 is 2.03 bits per heavy atom. The molecule has 0 aliphatic rings. The fourth-order valence-corrected chi connectivity index (χ4v) is 4.04. The number of benzene rings is 2. The maximum atomic E-state index is 12.9. The van der Waals surface area contributed by atoms with Crippen molar-refractivity contribution in [3.8, 4) is 16.9 Å². The van der Waals surface area contributed by atoms with E-state index in [0.29, 0.717) is 21.9 Å². The SMILES string of the molecule is C[C@H](Nc1cccc(-c2cnoc2)c1)c1cc2ccc(OCc3ccccn3)c(Cl)c2[nH]c1=O. The number of pyridine rings is 2. The summed E-state index contributed by atoms with van der Waals surface area (Å²) in [5.74, 6) is 0.486. The van der Waals surface area contributed by atoms with Crippen LogP contribution >= 0.6 is 11.6 Å². The lowest BCUT2D eigenvalue weighted by Gasteiger charge is -2.17. The second-order valence-electron chi connectivity index (χ2n) is 7.87. The van der Waals surface area contributed by atoms with Crippen LogP contribution in [0.1, 0.15) is 24.2 Å². The van der Waals surface area contributed by atoms with E-state index in [9.17, 15) is 4.79 Å². The number of anilines is 1. The number of hydrogen-bond acceptors (Lipinski definition) is 6. The van der Waals surface area contributed by atoms with Crippen LogP contribution in [-0.2, 0) is 6.61 Å². The minimum atomic E-state index is -0.246. The van der Waals surface area contributed by atoms with Crippen molar-refractivity contribution in [2.24, 2.45) is 0 Å². The molecular formula is C26H21ClN4O3. The van der Waals surface area contributed by atoms with Gasteiger partial charge in [0.25, 0.3) is 5.56 Å². The highest BCUT2D eigenvalue weighted by Gasteiger charge is 2.15. The summed E-state index contributed by atoms with van der Waals surface area (Å²) in [6.07, 6.45) is 4.96. The van der Waals surface area contributed by atoms with Gasteiger partial charge in [-0.25, -0.2) is 0 Å². The van der Waals surface area contributed by atoms with Gasteiger partial charge in [-0.2, -0.15) is 0 Å². The second-order valence-corrected chi connectivity index (χ2v) is 8.24. The lowest BCUT2D eigenvalue weighted by Crippen LogP contribution is -2.19. The number of rotatable bonds is 7. The predicted molar refractivity (Wildman–Crippen MR) is 132 cm³/mol. The van der Waals surface area contributed by atoms with E-state index in [0.717, 1.165) is 27.9 Å². The molecule has 0 spiro atoms. The first-order valence-corrected chi connectivity index (χ1v) is 11.1. The highest BCUT2D eigenvalue weighted by molar-refractivity contribution is 6.36. The molecule has 0 bridgehead atoms. The molecule has 34 heavy (non-hydrogen) atoms. The smallest absolute Gasteiger partial charge is 0.253 e. The van der Waals surface area contributed by atoms with Crippen molar-refractivity contribution >= 4 is 28.2 Å². The standard InChI is InChI=1S/C26H21ClN4O3/c1-16(30-20-7-4-5-17(11-20)19-13-29-34-14-19)22-12-18-8-9-23(24(27)25(18)31-26(22)32)33-15-21-6-2-3-10-28-21/h2-14,16,30H,15H2,1H3,(H,31,32)/t16-/m0/s1. The van der Waals surface area contributed by atoms with Crippen molar-refractivity contribution < 1.29 is 9.26 Å². The van der Waals surface area contributed by atoms with Crippen molar-refractivity contribution in [2.75, 3.05) is 5.32 Å². The Kier molecular flexibility index (Phi) is 6.01. The third-order valence-corrected chi connectivity index (χ3v) is 5.91. The Morgan fingerprint density at radius 3 is 2.82 bits per heavy atom. The molecule has 0 fully saturated rings. The summed E-state index contributed by atoms with van der Waals surface area (Å²) < 4.78 is 10.8. The molecule has 0 aliphatic carbocycles. The second kappa shape index (κ2) is 9.41. The molecule has 0 saturated carbocycles. The number of nitrogens with zero attached hydrogens (tertiary/aromatic N) is 2. The zero-order valence-electron chi connectivity index (χ0n) is 18.3. The topological polar surface area (TPSA) is 93.0 Å². The van der Waals surface area contributed by atoms with Crippen LogP contribution in [0.4, 0.5) is 5.69 Å². The van der Waals surface area contributed by atoms with E-state index >= 15 is 0 Å². The highest BCUT2D eigenvalue weighted by atomic mass is 35.5. The van der Waals surface area contributed by atoms with Crippen molar-refractivity contribution in [1.82, 2.24) is 15.1 Å². The number of nitrogens with one attached hydrogen (secondary N) is 2. The molecule has 3 heterocycles. The minimum Gasteiger partial charge on any atom is -0.486 e. The van der Waals surface area contributed by atoms with Crippen LogP contribution in [0.5, 0.6) is 5.75 Å². The van der Waals surface area contributed by atoms with Crippen molar-refractivity contribution in [2.45, 2.75) is 19.6 Å². The molecule has 0 saturated heterocycles. The normalized spacial score (nSPS) is 11.9. The summed E-state index contributed by atoms with van der Waals surface area (Å²) >= 11 is 6.56. The molecule has 5 rings (SSSR count). The summed E-state index contributed by atoms with van der Waals surface area (Å²) in [7, 11) is 0. The number of halogens is 1. The Bertz CT molecular complexity index is 1480. The van der Waals surface area contributed by atoms with E-state index < -0.39 is 0 Å². The first-order valence-electron chi connectivity index (χ1n) is 10.7. The van der Waals surface area contributed by atoms with E-state index in [4.69, 9.17) is 20.9 Å². The fraction of sp³-hybridized carbons (Fsp3) is 0.115. The Balaban J connectivity index is 1.38. The predicted octanol–water partition coefficient (Wildman–Crippen LogP) is 5.98. The molecule has 2 aromatic carbocycles. The molecule has 7 nitrogen and oxygen atoms in total. The Hall–Kier alpha value is -4.10. The largest absolute Gasteiger partial charge is 0.486 e. The average Bonchev–Trinajstić information content (AvgIpc) is 3.40. The Labute approximate surface area is 200 Å². The van der Waals surface area contributed by atoms with Crippen molar-refractivity contribution in [3.63, 3.8) is 0 Å². The van der Waals surface area contributed by atoms with Gasteiger partial charge in [-0.05, 0) is 55.0 Å². The van der Waals surface area contributed by atoms with Gasteiger partial charge in [0.15, 0.2) is 0 Å². The van der Waals surface area contributed by atoms with E-state index in [1.165, 1.54) is 0 Å². The van der Waals surface area contributed by atoms with Crippen molar-refractivity contribution in [3.05, 3.63) is 106 Å². The molecule has 5 aromatic rings. The van der Waals surface area contributed by atoms with Gasteiger partial charge in [0.05, 0.1) is 23.4 Å². The van der Waals surface area contributed by atoms with Crippen LogP contribution in [0.25, 0.3) is 22.0 Å². The number of H-pyrrole nitrogens is 1. The monoisotopic (exact) mass is 472 g/mol. The number of fused-ring (bicyclic) bond motifs is 1. The summed E-state index contributed by atoms with van der Waals surface area (Å²) in [5, 5.41) is 8.33. The number of aromatic amines is 1. The summed E-state index contributed by atoms with van der Waals surface area (Å²) in [5.41, 5.74) is 4.44. The van der Waals surface area contributed by atoms with Crippen LogP contribution in [0.3, 0.4) is 0 Å². The molecule has 8 heteroatoms. The highest BCUT2D eigenvalue weighted by Crippen LogP contribution is 2.32. The quantitative estimate of drug-likeness (QED) is 0.302. The van der Waals surface area contributed by atoms with E-state index in [1.807, 2.05) is 61.5 Å². The molecule has 170 valence electrons. The van der Waals surface area contributed by atoms with E-state index in [2.05, 4.69) is 20.4 Å². The van der Waals surface area contributed by atoms with Crippen LogP contribution in [0, 0.1) is 0 Å². The van der Waals surface area contributed by atoms with Crippen LogP contribution in [0.15, 0.2) is 88.6 Å². The third-order valence-electron chi connectivity index (χ3n) is 5.53. The van der Waals surface area contributed by atoms with Crippen molar-refractivity contribution in [1.29, 1.82) is 0 Å². The number of hydrogen-bond donors (Lipinski definition) is 2. The number of ether oxygens (including phenoxy) is 1.